The van der Waals surface area contributed by atoms with Crippen LogP contribution in [0, 0.1) is 11.3 Å². The van der Waals surface area contributed by atoms with Crippen LogP contribution in [0.15, 0.2) is 0 Å². The molecule has 0 aromatic carbocycles. The highest BCUT2D eigenvalue weighted by Crippen LogP contribution is 2.48. The lowest BCUT2D eigenvalue weighted by Crippen LogP contribution is -2.40. The Bertz CT molecular complexity index is 295. The van der Waals surface area contributed by atoms with E-state index in [1.165, 1.54) is 12.8 Å². The second-order valence-corrected chi connectivity index (χ2v) is 6.63. The van der Waals surface area contributed by atoms with Crippen LogP contribution in [0.5, 0.6) is 0 Å². The number of likely N-dealkylation sites (tertiary alicyclic amines) is 1. The minimum absolute atomic E-state index is 0.207. The van der Waals surface area contributed by atoms with E-state index in [-0.39, 0.29) is 5.91 Å². The molecule has 0 radical (unpaired) electrons. The molecular weight excluding hydrogens is 240 g/mol. The number of aliphatic hydroxyl groups is 1. The molecule has 110 valence electrons. The molecule has 1 aliphatic carbocycles. The summed E-state index contributed by atoms with van der Waals surface area (Å²) in [7, 11) is 0. The number of amides is 1. The monoisotopic (exact) mass is 268 g/mol. The normalized spacial score (nSPS) is 23.3. The number of piperidine rings is 1. The van der Waals surface area contributed by atoms with Crippen LogP contribution in [0.3, 0.4) is 0 Å². The van der Waals surface area contributed by atoms with E-state index in [0.29, 0.717) is 24.4 Å². The van der Waals surface area contributed by atoms with E-state index in [1.807, 2.05) is 0 Å². The molecule has 4 heteroatoms. The molecule has 0 unspecified atom stereocenters. The van der Waals surface area contributed by atoms with Gasteiger partial charge >= 0.3 is 0 Å². The first-order chi connectivity index (χ1) is 9.11. The van der Waals surface area contributed by atoms with Crippen molar-refractivity contribution in [1.29, 1.82) is 0 Å². The summed E-state index contributed by atoms with van der Waals surface area (Å²) in [5, 5.41) is 12.1. The Morgan fingerprint density at radius 2 is 2.05 bits per heavy atom. The Balaban J connectivity index is 1.50. The van der Waals surface area contributed by atoms with Gasteiger partial charge in [0.2, 0.25) is 5.91 Å². The maximum atomic E-state index is 11.7. The van der Waals surface area contributed by atoms with Crippen LogP contribution in [0.1, 0.15) is 45.4 Å². The summed E-state index contributed by atoms with van der Waals surface area (Å²) < 4.78 is 0. The second-order valence-electron chi connectivity index (χ2n) is 6.63. The smallest absolute Gasteiger partial charge is 0.220 e. The van der Waals surface area contributed by atoms with Crippen LogP contribution in [0.25, 0.3) is 0 Å². The first-order valence-electron chi connectivity index (χ1n) is 7.71. The van der Waals surface area contributed by atoms with Crippen molar-refractivity contribution in [2.45, 2.75) is 45.4 Å². The van der Waals surface area contributed by atoms with E-state index in [9.17, 15) is 4.79 Å². The van der Waals surface area contributed by atoms with E-state index < -0.39 is 0 Å². The van der Waals surface area contributed by atoms with Gasteiger partial charge in [-0.15, -0.1) is 0 Å². The Morgan fingerprint density at radius 3 is 2.63 bits per heavy atom. The number of carbonyl (C=O) groups excluding carboxylic acids is 1. The van der Waals surface area contributed by atoms with Crippen LogP contribution in [0.4, 0.5) is 0 Å². The third kappa shape index (κ3) is 5.11. The van der Waals surface area contributed by atoms with E-state index in [0.717, 1.165) is 45.4 Å². The fourth-order valence-corrected chi connectivity index (χ4v) is 2.71. The van der Waals surface area contributed by atoms with Crippen molar-refractivity contribution in [2.24, 2.45) is 11.3 Å². The topological polar surface area (TPSA) is 52.6 Å². The van der Waals surface area contributed by atoms with Crippen molar-refractivity contribution in [3.63, 3.8) is 0 Å². The summed E-state index contributed by atoms with van der Waals surface area (Å²) in [6.45, 7) is 6.41. The number of hydrogen-bond donors (Lipinski definition) is 2. The number of carbonyl (C=O) groups is 1. The molecule has 1 saturated heterocycles. The van der Waals surface area contributed by atoms with Crippen molar-refractivity contribution < 1.29 is 9.90 Å². The van der Waals surface area contributed by atoms with Crippen LogP contribution in [-0.2, 0) is 4.79 Å². The molecule has 1 heterocycles. The van der Waals surface area contributed by atoms with Crippen LogP contribution in [0.2, 0.25) is 0 Å². The van der Waals surface area contributed by atoms with Gasteiger partial charge in [-0.05, 0) is 56.5 Å². The predicted octanol–water partition coefficient (Wildman–Crippen LogP) is 1.39. The average molecular weight is 268 g/mol. The van der Waals surface area contributed by atoms with Crippen molar-refractivity contribution in [3.05, 3.63) is 0 Å². The van der Waals surface area contributed by atoms with Crippen molar-refractivity contribution >= 4 is 5.91 Å². The Morgan fingerprint density at radius 1 is 1.37 bits per heavy atom. The summed E-state index contributed by atoms with van der Waals surface area (Å²) in [4.78, 5) is 14.1. The van der Waals surface area contributed by atoms with Crippen molar-refractivity contribution in [3.8, 4) is 0 Å². The van der Waals surface area contributed by atoms with E-state index in [2.05, 4.69) is 17.1 Å². The summed E-state index contributed by atoms with van der Waals surface area (Å²) >= 11 is 0. The summed E-state index contributed by atoms with van der Waals surface area (Å²) in [6, 6.07) is 0. The molecule has 1 aliphatic heterocycles. The van der Waals surface area contributed by atoms with E-state index >= 15 is 0 Å². The van der Waals surface area contributed by atoms with E-state index in [1.54, 1.807) is 0 Å². The molecule has 1 saturated carbocycles. The Kier molecular flexibility index (Phi) is 5.22. The summed E-state index contributed by atoms with van der Waals surface area (Å²) in [6.07, 6.45) is 6.48. The first-order valence-corrected chi connectivity index (χ1v) is 7.71. The molecule has 19 heavy (non-hydrogen) atoms. The lowest BCUT2D eigenvalue weighted by Gasteiger charge is -2.30. The number of nitrogens with one attached hydrogen (secondary N) is 1. The number of aliphatic hydroxyl groups excluding tert-OH is 1. The fraction of sp³-hybridized carbons (Fsp3) is 0.933. The minimum atomic E-state index is 0.207. The largest absolute Gasteiger partial charge is 0.396 e. The first kappa shape index (κ1) is 14.8. The molecule has 0 aromatic rings. The fourth-order valence-electron chi connectivity index (χ4n) is 2.71. The van der Waals surface area contributed by atoms with Gasteiger partial charge in [0.25, 0.3) is 0 Å². The number of nitrogens with zero attached hydrogens (tertiary/aromatic N) is 1. The molecular formula is C15H28N2O2. The maximum absolute atomic E-state index is 11.7. The third-order valence-corrected chi connectivity index (χ3v) is 4.77. The SMILES string of the molecule is CC1(CCC(=O)NCCN2CCC(CO)CC2)CC1. The van der Waals surface area contributed by atoms with Crippen LogP contribution < -0.4 is 5.32 Å². The van der Waals surface area contributed by atoms with Crippen molar-refractivity contribution in [1.82, 2.24) is 10.2 Å². The van der Waals surface area contributed by atoms with Gasteiger partial charge in [0.15, 0.2) is 0 Å². The zero-order valence-electron chi connectivity index (χ0n) is 12.2. The standard InChI is InChI=1S/C15H28N2O2/c1-15(6-7-15)5-2-14(19)16-8-11-17-9-3-13(12-18)4-10-17/h13,18H,2-12H2,1H3,(H,16,19). The molecule has 1 amide bonds. The molecule has 0 spiro atoms. The lowest BCUT2D eigenvalue weighted by molar-refractivity contribution is -0.121. The van der Waals surface area contributed by atoms with Gasteiger partial charge in [0.1, 0.15) is 0 Å². The Labute approximate surface area is 116 Å². The highest BCUT2D eigenvalue weighted by Gasteiger charge is 2.36. The second kappa shape index (κ2) is 6.71. The lowest BCUT2D eigenvalue weighted by atomic mass is 9.98. The van der Waals surface area contributed by atoms with Gasteiger partial charge in [-0.3, -0.25) is 4.79 Å². The molecule has 2 N–H and O–H groups in total. The molecule has 0 aromatic heterocycles. The van der Waals surface area contributed by atoms with E-state index in [4.69, 9.17) is 5.11 Å². The molecule has 4 nitrogen and oxygen atoms in total. The number of hydrogen-bond acceptors (Lipinski definition) is 3. The predicted molar refractivity (Wildman–Crippen MR) is 75.8 cm³/mol. The van der Waals surface area contributed by atoms with Crippen LogP contribution in [-0.4, -0.2) is 48.7 Å². The van der Waals surface area contributed by atoms with Gasteiger partial charge in [-0.25, -0.2) is 0 Å². The summed E-state index contributed by atoms with van der Waals surface area (Å²) in [5.74, 6) is 0.698. The number of rotatable bonds is 7. The van der Waals surface area contributed by atoms with Gasteiger partial charge < -0.3 is 15.3 Å². The summed E-state index contributed by atoms with van der Waals surface area (Å²) in [5.41, 5.74) is 0.476. The quantitative estimate of drug-likeness (QED) is 0.733. The molecule has 0 bridgehead atoms. The zero-order chi connectivity index (χ0) is 13.7. The van der Waals surface area contributed by atoms with Crippen molar-refractivity contribution in [2.75, 3.05) is 32.8 Å². The third-order valence-electron chi connectivity index (χ3n) is 4.77. The van der Waals surface area contributed by atoms with Gasteiger partial charge in [0.05, 0.1) is 0 Å². The van der Waals surface area contributed by atoms with Crippen LogP contribution >= 0.6 is 0 Å². The van der Waals surface area contributed by atoms with Gasteiger partial charge in [-0.2, -0.15) is 0 Å². The molecule has 0 atom stereocenters. The van der Waals surface area contributed by atoms with Gasteiger partial charge in [0, 0.05) is 26.1 Å². The average Bonchev–Trinajstić information content (AvgIpc) is 3.16. The molecule has 2 aliphatic rings. The van der Waals surface area contributed by atoms with Gasteiger partial charge in [-0.1, -0.05) is 6.92 Å². The molecule has 2 fully saturated rings. The highest BCUT2D eigenvalue weighted by atomic mass is 16.3. The zero-order valence-corrected chi connectivity index (χ0v) is 12.2. The minimum Gasteiger partial charge on any atom is -0.396 e. The Hall–Kier alpha value is -0.610. The highest BCUT2D eigenvalue weighted by molar-refractivity contribution is 5.75. The molecule has 2 rings (SSSR count). The maximum Gasteiger partial charge on any atom is 0.220 e.